The molecule has 25 heteroatoms. The zero-order chi connectivity index (χ0) is 47.3. The van der Waals surface area contributed by atoms with Crippen LogP contribution in [0.3, 0.4) is 0 Å². The van der Waals surface area contributed by atoms with Crippen LogP contribution in [0.4, 0.5) is 49.7 Å². The molecule has 0 bridgehead atoms. The molecule has 1 saturated carbocycles. The highest BCUT2D eigenvalue weighted by molar-refractivity contribution is 7.92. The maximum atomic E-state index is 15.5. The van der Waals surface area contributed by atoms with E-state index < -0.39 is 126 Å². The second-order valence-corrected chi connectivity index (χ2v) is 20.6. The SMILES string of the molecule is CC(C)(C#Cc1ccc(-c2ccc(Cl)c3c(NS(C)(=O)=O)nn(CC(F)(F)F)c23)c([C@H](Cc2cc(F)cc(F)c2)NC(=O)Cn2nc(C(F)(F)F)c3c2C(F)(F)[C@H]2C[C@@H]32)n1)S(C)(=O)=O. The highest BCUT2D eigenvalue weighted by Gasteiger charge is 2.68. The molecule has 5 aromatic rings. The second kappa shape index (κ2) is 15.6. The molecular formula is C39H32ClF10N7O5S2. The molecule has 0 saturated heterocycles. The molecule has 2 N–H and O–H groups in total. The lowest BCUT2D eigenvalue weighted by Gasteiger charge is -2.23. The predicted molar refractivity (Wildman–Crippen MR) is 211 cm³/mol. The van der Waals surface area contributed by atoms with E-state index in [1.807, 2.05) is 4.72 Å². The molecule has 1 amide bonds. The van der Waals surface area contributed by atoms with Crippen molar-refractivity contribution >= 4 is 54.1 Å². The monoisotopic (exact) mass is 967 g/mol. The fourth-order valence-electron chi connectivity index (χ4n) is 7.52. The van der Waals surface area contributed by atoms with Crippen LogP contribution in [-0.4, -0.2) is 70.7 Å². The van der Waals surface area contributed by atoms with E-state index in [0.29, 0.717) is 17.0 Å². The van der Waals surface area contributed by atoms with Crippen molar-refractivity contribution in [2.75, 3.05) is 17.2 Å². The Bertz CT molecular complexity index is 3030. The summed E-state index contributed by atoms with van der Waals surface area (Å²) in [6, 6.07) is 5.24. The zero-order valence-corrected chi connectivity index (χ0v) is 35.7. The van der Waals surface area contributed by atoms with Crippen LogP contribution in [0.5, 0.6) is 0 Å². The van der Waals surface area contributed by atoms with Crippen LogP contribution in [-0.2, 0) is 56.3 Å². The second-order valence-electron chi connectivity index (χ2n) is 15.9. The summed E-state index contributed by atoms with van der Waals surface area (Å²) in [5.41, 5.74) is -5.17. The molecule has 0 spiro atoms. The molecular weight excluding hydrogens is 936 g/mol. The van der Waals surface area contributed by atoms with Crippen molar-refractivity contribution in [3.63, 3.8) is 0 Å². The number of sulfone groups is 1. The van der Waals surface area contributed by atoms with Gasteiger partial charge in [-0.1, -0.05) is 23.6 Å². The summed E-state index contributed by atoms with van der Waals surface area (Å²) in [5, 5.41) is 9.01. The number of nitrogens with one attached hydrogen (secondary N) is 2. The van der Waals surface area contributed by atoms with Gasteiger partial charge in [0.2, 0.25) is 15.9 Å². The lowest BCUT2D eigenvalue weighted by Crippen LogP contribution is -2.35. The lowest BCUT2D eigenvalue weighted by atomic mass is 9.93. The van der Waals surface area contributed by atoms with E-state index >= 15 is 8.78 Å². The maximum absolute atomic E-state index is 15.5. The molecule has 3 heterocycles. The molecule has 2 aliphatic rings. The van der Waals surface area contributed by atoms with E-state index in [1.54, 1.807) is 0 Å². The molecule has 0 unspecified atom stereocenters. The van der Waals surface area contributed by atoms with Crippen molar-refractivity contribution in [3.05, 3.63) is 93.0 Å². The topological polar surface area (TPSA) is 158 Å². The van der Waals surface area contributed by atoms with Crippen molar-refractivity contribution in [2.45, 2.75) is 74.8 Å². The number of fused-ring (bicyclic) bond motifs is 4. The summed E-state index contributed by atoms with van der Waals surface area (Å²) >= 11 is 6.46. The van der Waals surface area contributed by atoms with Gasteiger partial charge in [0.1, 0.15) is 40.9 Å². The van der Waals surface area contributed by atoms with Crippen LogP contribution in [0.2, 0.25) is 5.02 Å². The number of hydrogen-bond donors (Lipinski definition) is 2. The third-order valence-electron chi connectivity index (χ3n) is 10.6. The molecule has 64 heavy (non-hydrogen) atoms. The summed E-state index contributed by atoms with van der Waals surface area (Å²) in [4.78, 5) is 18.5. The van der Waals surface area contributed by atoms with Crippen LogP contribution in [0, 0.1) is 29.4 Å². The number of hydrogen-bond acceptors (Lipinski definition) is 8. The predicted octanol–water partition coefficient (Wildman–Crippen LogP) is 7.66. The fourth-order valence-corrected chi connectivity index (χ4v) is 8.50. The molecule has 1 fully saturated rings. The number of alkyl halides is 8. The summed E-state index contributed by atoms with van der Waals surface area (Å²) < 4.78 is 195. The van der Waals surface area contributed by atoms with E-state index in [-0.39, 0.29) is 49.6 Å². The Labute approximate surface area is 362 Å². The Hall–Kier alpha value is -5.41. The third kappa shape index (κ3) is 9.24. The van der Waals surface area contributed by atoms with Crippen molar-refractivity contribution in [3.8, 4) is 23.0 Å². The Kier molecular flexibility index (Phi) is 11.4. The number of sulfonamides is 1. The molecule has 0 radical (unpaired) electrons. The maximum Gasteiger partial charge on any atom is 0.435 e. The molecule has 3 aromatic heterocycles. The van der Waals surface area contributed by atoms with Gasteiger partial charge in [-0.3, -0.25) is 18.9 Å². The van der Waals surface area contributed by atoms with E-state index in [0.717, 1.165) is 24.5 Å². The number of rotatable bonds is 11. The summed E-state index contributed by atoms with van der Waals surface area (Å²) in [6.07, 6.45) is -9.46. The van der Waals surface area contributed by atoms with E-state index in [2.05, 4.69) is 32.3 Å². The Morgan fingerprint density at radius 2 is 1.59 bits per heavy atom. The smallest absolute Gasteiger partial charge is 0.346 e. The Morgan fingerprint density at radius 1 is 0.953 bits per heavy atom. The molecule has 342 valence electrons. The largest absolute Gasteiger partial charge is 0.435 e. The van der Waals surface area contributed by atoms with E-state index in [9.17, 15) is 56.8 Å². The van der Waals surface area contributed by atoms with Gasteiger partial charge in [0.15, 0.2) is 21.3 Å². The van der Waals surface area contributed by atoms with Gasteiger partial charge in [-0.15, -0.1) is 0 Å². The van der Waals surface area contributed by atoms with Crippen LogP contribution in [0.25, 0.3) is 22.0 Å². The van der Waals surface area contributed by atoms with Crippen molar-refractivity contribution in [2.24, 2.45) is 5.92 Å². The van der Waals surface area contributed by atoms with Crippen molar-refractivity contribution < 1.29 is 65.5 Å². The first-order chi connectivity index (χ1) is 29.3. The van der Waals surface area contributed by atoms with Crippen LogP contribution < -0.4 is 10.0 Å². The van der Waals surface area contributed by atoms with Gasteiger partial charge >= 0.3 is 12.4 Å². The molecule has 2 aromatic carbocycles. The number of nitrogens with zero attached hydrogens (tertiary/aromatic N) is 5. The minimum absolute atomic E-state index is 0.195. The molecule has 12 nitrogen and oxygen atoms in total. The molecule has 2 aliphatic carbocycles. The number of anilines is 1. The number of carbonyl (C=O) groups excluding carboxylic acids is 1. The summed E-state index contributed by atoms with van der Waals surface area (Å²) in [7, 11) is -8.06. The highest BCUT2D eigenvalue weighted by Crippen LogP contribution is 2.68. The van der Waals surface area contributed by atoms with E-state index in [1.165, 1.54) is 32.0 Å². The first-order valence-electron chi connectivity index (χ1n) is 18.6. The Balaban J connectivity index is 1.45. The van der Waals surface area contributed by atoms with Gasteiger partial charge in [-0.2, -0.15) is 45.3 Å². The summed E-state index contributed by atoms with van der Waals surface area (Å²) in [6.45, 7) is -0.547. The highest BCUT2D eigenvalue weighted by atomic mass is 35.5. The quantitative estimate of drug-likeness (QED) is 0.101. The number of carbonyl (C=O) groups is 1. The zero-order valence-electron chi connectivity index (χ0n) is 33.4. The number of aromatic nitrogens is 5. The molecule has 3 atom stereocenters. The minimum Gasteiger partial charge on any atom is -0.346 e. The Morgan fingerprint density at radius 3 is 2.19 bits per heavy atom. The normalized spacial score (nSPS) is 17.7. The minimum atomic E-state index is -5.19. The van der Waals surface area contributed by atoms with Gasteiger partial charge in [-0.25, -0.2) is 30.6 Å². The third-order valence-corrected chi connectivity index (χ3v) is 13.4. The van der Waals surface area contributed by atoms with Gasteiger partial charge < -0.3 is 5.32 Å². The summed E-state index contributed by atoms with van der Waals surface area (Å²) in [5.74, 6) is -5.43. The van der Waals surface area contributed by atoms with Crippen LogP contribution >= 0.6 is 11.6 Å². The van der Waals surface area contributed by atoms with Gasteiger partial charge in [-0.05, 0) is 74.4 Å². The number of halogens is 11. The standard InChI is InChI=1S/C39H32ClF10N7O5S2/c1-36(2,63(3,59)60)10-9-21-5-6-22(23-7-8-26(40)30-32(23)57(17-37(43,44)45)54-35(30)55-64(4,61)62)31(51-21)27(13-18-11-19(41)14-20(42)12-18)52-28(58)16-56-34-29(33(53-56)39(48,49)50)24-15-25(24)38(34,46)47/h5-8,11-12,14,24-25,27H,13,15-17H2,1-4H3,(H,52,58)(H,54,55)/t24-,25+,27+/m1/s1. The average molecular weight is 968 g/mol. The molecule has 7 rings (SSSR count). The number of amides is 1. The molecule has 0 aliphatic heterocycles. The first kappa shape index (κ1) is 46.6. The van der Waals surface area contributed by atoms with Gasteiger partial charge in [0, 0.05) is 34.9 Å². The van der Waals surface area contributed by atoms with E-state index in [4.69, 9.17) is 11.6 Å². The number of benzene rings is 2. The fraction of sp³-hybridized carbons (Fsp3) is 0.385. The first-order valence-corrected chi connectivity index (χ1v) is 22.8. The lowest BCUT2D eigenvalue weighted by molar-refractivity contribution is -0.142. The van der Waals surface area contributed by atoms with Gasteiger partial charge in [0.05, 0.1) is 33.9 Å². The van der Waals surface area contributed by atoms with Gasteiger partial charge in [0.25, 0.3) is 5.92 Å². The van der Waals surface area contributed by atoms with Crippen LogP contribution in [0.1, 0.15) is 66.1 Å². The average Bonchev–Trinajstić information content (AvgIpc) is 3.66. The van der Waals surface area contributed by atoms with Crippen molar-refractivity contribution in [1.82, 2.24) is 29.9 Å². The number of pyridine rings is 1. The van der Waals surface area contributed by atoms with Crippen LogP contribution in [0.15, 0.2) is 42.5 Å². The van der Waals surface area contributed by atoms with Crippen molar-refractivity contribution in [1.29, 1.82) is 0 Å².